The highest BCUT2D eigenvalue weighted by molar-refractivity contribution is 5.47. The summed E-state index contributed by atoms with van der Waals surface area (Å²) in [5, 5.41) is 38.3. The molecule has 0 fully saturated rings. The monoisotopic (exact) mass is 243 g/mol. The number of nitro groups is 1. The van der Waals surface area contributed by atoms with Crippen molar-refractivity contribution < 1.29 is 20.2 Å². The number of aromatic nitrogens is 1. The second kappa shape index (κ2) is 5.53. The molecule has 0 radical (unpaired) electrons. The van der Waals surface area contributed by atoms with Gasteiger partial charge in [-0.3, -0.25) is 10.1 Å². The van der Waals surface area contributed by atoms with E-state index in [1.54, 1.807) is 0 Å². The molecule has 17 heavy (non-hydrogen) atoms. The zero-order valence-electron chi connectivity index (χ0n) is 8.85. The molecule has 0 spiro atoms. The first kappa shape index (κ1) is 13.3. The van der Waals surface area contributed by atoms with Gasteiger partial charge < -0.3 is 21.1 Å². The number of hydrogen-bond acceptors (Lipinski definition) is 7. The van der Waals surface area contributed by atoms with Gasteiger partial charge in [0, 0.05) is 18.2 Å². The lowest BCUT2D eigenvalue weighted by Gasteiger charge is -2.17. The first-order chi connectivity index (χ1) is 7.97. The summed E-state index contributed by atoms with van der Waals surface area (Å²) in [5.74, 6) is -0.0971. The summed E-state index contributed by atoms with van der Waals surface area (Å²) < 4.78 is 0. The zero-order chi connectivity index (χ0) is 13.0. The van der Waals surface area contributed by atoms with Crippen LogP contribution in [0.1, 0.15) is 18.1 Å². The highest BCUT2D eigenvalue weighted by atomic mass is 16.6. The lowest BCUT2D eigenvalue weighted by Crippen LogP contribution is -2.21. The van der Waals surface area contributed by atoms with Crippen molar-refractivity contribution in [2.24, 2.45) is 0 Å². The molecule has 1 heterocycles. The number of nitrogen functional groups attached to an aromatic ring is 1. The average Bonchev–Trinajstić information content (AvgIpc) is 2.28. The molecule has 0 aliphatic heterocycles. The van der Waals surface area contributed by atoms with Crippen LogP contribution in [-0.4, -0.2) is 37.9 Å². The Morgan fingerprint density at radius 3 is 2.71 bits per heavy atom. The predicted molar refractivity (Wildman–Crippen MR) is 58.0 cm³/mol. The van der Waals surface area contributed by atoms with Gasteiger partial charge in [0.05, 0.1) is 11.0 Å². The van der Waals surface area contributed by atoms with E-state index in [0.29, 0.717) is 0 Å². The molecule has 1 rings (SSSR count). The molecule has 1 aromatic heterocycles. The van der Waals surface area contributed by atoms with Crippen molar-refractivity contribution in [3.8, 4) is 0 Å². The Morgan fingerprint density at radius 1 is 1.53 bits per heavy atom. The standard InChI is InChI=1S/C9H13N3O5/c10-9-6(8(15)7(14)1-2-13)3-5(4-11-9)12(16)17/h3-4,7-8,13-15H,1-2H2,(H2,10,11). The molecule has 0 saturated carbocycles. The quantitative estimate of drug-likeness (QED) is 0.397. The molecule has 5 N–H and O–H groups in total. The average molecular weight is 243 g/mol. The number of rotatable bonds is 5. The Balaban J connectivity index is 3.03. The van der Waals surface area contributed by atoms with Gasteiger partial charge in [-0.2, -0.15) is 0 Å². The first-order valence-corrected chi connectivity index (χ1v) is 4.84. The Kier molecular flexibility index (Phi) is 4.32. The Morgan fingerprint density at radius 2 is 2.18 bits per heavy atom. The minimum absolute atomic E-state index is 0.0276. The van der Waals surface area contributed by atoms with Crippen LogP contribution in [0.5, 0.6) is 0 Å². The maximum atomic E-state index is 10.5. The van der Waals surface area contributed by atoms with Crippen molar-refractivity contribution in [3.63, 3.8) is 0 Å². The van der Waals surface area contributed by atoms with Crippen LogP contribution in [0.25, 0.3) is 0 Å². The zero-order valence-corrected chi connectivity index (χ0v) is 8.85. The fourth-order valence-electron chi connectivity index (χ4n) is 1.31. The molecule has 0 bridgehead atoms. The highest BCUT2D eigenvalue weighted by Gasteiger charge is 2.23. The molecule has 1 aromatic rings. The number of nitrogens with zero attached hydrogens (tertiary/aromatic N) is 2. The number of nitrogens with two attached hydrogens (primary N) is 1. The number of pyridine rings is 1. The van der Waals surface area contributed by atoms with Crippen LogP contribution in [-0.2, 0) is 0 Å². The SMILES string of the molecule is Nc1ncc([N+](=O)[O-])cc1C(O)C(O)CCO. The Bertz CT molecular complexity index is 412. The molecule has 8 heteroatoms. The topological polar surface area (TPSA) is 143 Å². The normalized spacial score (nSPS) is 14.3. The smallest absolute Gasteiger partial charge is 0.288 e. The maximum absolute atomic E-state index is 10.5. The van der Waals surface area contributed by atoms with E-state index in [4.69, 9.17) is 10.8 Å². The van der Waals surface area contributed by atoms with Gasteiger partial charge in [-0.15, -0.1) is 0 Å². The van der Waals surface area contributed by atoms with E-state index in [-0.39, 0.29) is 30.1 Å². The lowest BCUT2D eigenvalue weighted by molar-refractivity contribution is -0.385. The maximum Gasteiger partial charge on any atom is 0.288 e. The van der Waals surface area contributed by atoms with Crippen molar-refractivity contribution >= 4 is 11.5 Å². The summed E-state index contributed by atoms with van der Waals surface area (Å²) in [6.07, 6.45) is -1.78. The molecule has 2 atom stereocenters. The minimum Gasteiger partial charge on any atom is -0.396 e. The number of aliphatic hydroxyl groups excluding tert-OH is 3. The predicted octanol–water partition coefficient (Wildman–Crippen LogP) is -0.651. The molecule has 94 valence electrons. The third kappa shape index (κ3) is 3.09. The summed E-state index contributed by atoms with van der Waals surface area (Å²) in [4.78, 5) is 13.4. The molecule has 0 aliphatic rings. The van der Waals surface area contributed by atoms with E-state index in [9.17, 15) is 20.3 Å². The fourth-order valence-corrected chi connectivity index (χ4v) is 1.31. The van der Waals surface area contributed by atoms with Crippen molar-refractivity contribution in [2.45, 2.75) is 18.6 Å². The third-order valence-corrected chi connectivity index (χ3v) is 2.25. The van der Waals surface area contributed by atoms with Gasteiger partial charge in [-0.1, -0.05) is 0 Å². The van der Waals surface area contributed by atoms with Crippen LogP contribution in [0.2, 0.25) is 0 Å². The molecule has 0 aromatic carbocycles. The van der Waals surface area contributed by atoms with Gasteiger partial charge >= 0.3 is 0 Å². The molecule has 8 nitrogen and oxygen atoms in total. The van der Waals surface area contributed by atoms with Gasteiger partial charge in [0.25, 0.3) is 5.69 Å². The summed E-state index contributed by atoms with van der Waals surface area (Å²) >= 11 is 0. The van der Waals surface area contributed by atoms with E-state index in [2.05, 4.69) is 4.98 Å². The van der Waals surface area contributed by atoms with Gasteiger partial charge in [-0.05, 0) is 6.42 Å². The van der Waals surface area contributed by atoms with Crippen LogP contribution in [0.3, 0.4) is 0 Å². The van der Waals surface area contributed by atoms with Crippen LogP contribution in [0, 0.1) is 10.1 Å². The number of anilines is 1. The van der Waals surface area contributed by atoms with E-state index in [1.165, 1.54) is 0 Å². The summed E-state index contributed by atoms with van der Waals surface area (Å²) in [7, 11) is 0. The number of aliphatic hydroxyl groups is 3. The van der Waals surface area contributed by atoms with E-state index in [1.807, 2.05) is 0 Å². The molecule has 2 unspecified atom stereocenters. The van der Waals surface area contributed by atoms with Crippen molar-refractivity contribution in [2.75, 3.05) is 12.3 Å². The van der Waals surface area contributed by atoms with Crippen LogP contribution in [0.4, 0.5) is 11.5 Å². The van der Waals surface area contributed by atoms with Crippen molar-refractivity contribution in [3.05, 3.63) is 27.9 Å². The third-order valence-electron chi connectivity index (χ3n) is 2.25. The second-order valence-electron chi connectivity index (χ2n) is 3.45. The van der Waals surface area contributed by atoms with Gasteiger partial charge in [0.15, 0.2) is 0 Å². The van der Waals surface area contributed by atoms with E-state index in [0.717, 1.165) is 12.3 Å². The summed E-state index contributed by atoms with van der Waals surface area (Å²) in [6.45, 7) is -0.319. The molecule has 0 saturated heterocycles. The molecule has 0 aliphatic carbocycles. The van der Waals surface area contributed by atoms with Crippen molar-refractivity contribution in [1.82, 2.24) is 4.98 Å². The largest absolute Gasteiger partial charge is 0.396 e. The van der Waals surface area contributed by atoms with Gasteiger partial charge in [0.2, 0.25) is 0 Å². The van der Waals surface area contributed by atoms with E-state index < -0.39 is 17.1 Å². The second-order valence-corrected chi connectivity index (χ2v) is 3.45. The van der Waals surface area contributed by atoms with Gasteiger partial charge in [0.1, 0.15) is 18.1 Å². The fraction of sp³-hybridized carbons (Fsp3) is 0.444. The van der Waals surface area contributed by atoms with Crippen LogP contribution < -0.4 is 5.73 Å². The van der Waals surface area contributed by atoms with E-state index >= 15 is 0 Å². The van der Waals surface area contributed by atoms with Crippen molar-refractivity contribution in [1.29, 1.82) is 0 Å². The highest BCUT2D eigenvalue weighted by Crippen LogP contribution is 2.26. The molecular weight excluding hydrogens is 230 g/mol. The molecule has 0 amide bonds. The number of hydrogen-bond donors (Lipinski definition) is 4. The van der Waals surface area contributed by atoms with Gasteiger partial charge in [-0.25, -0.2) is 4.98 Å². The Labute approximate surface area is 96.5 Å². The lowest BCUT2D eigenvalue weighted by atomic mass is 10.0. The van der Waals surface area contributed by atoms with Crippen LogP contribution >= 0.6 is 0 Å². The summed E-state index contributed by atoms with van der Waals surface area (Å²) in [6, 6.07) is 1.05. The summed E-state index contributed by atoms with van der Waals surface area (Å²) in [5.41, 5.74) is 5.10. The molecular formula is C9H13N3O5. The van der Waals surface area contributed by atoms with Crippen LogP contribution in [0.15, 0.2) is 12.3 Å². The first-order valence-electron chi connectivity index (χ1n) is 4.84. The minimum atomic E-state index is -1.42. The Hall–Kier alpha value is -1.77.